The van der Waals surface area contributed by atoms with E-state index in [1.54, 1.807) is 13.8 Å². The van der Waals surface area contributed by atoms with Gasteiger partial charge in [0.1, 0.15) is 18.1 Å². The molecular weight excluding hydrogens is 458 g/mol. The summed E-state index contributed by atoms with van der Waals surface area (Å²) in [5, 5.41) is 33.4. The standard InChI is InChI=1S/C19H31N5O10/c1-8(2)15(21)18(32)24-11(7-14(28)29)17(31)22-9(3-5-12(20)25)16(30)23-10(19(33)34)4-6-13(26)27/h8-11,15H,3-7,21H2,1-2H3,(H2,20,25)(H,22,31)(H,23,30)(H,24,32)(H,26,27)(H,28,29)(H,33,34). The molecule has 0 aromatic rings. The van der Waals surface area contributed by atoms with Crippen molar-refractivity contribution in [1.29, 1.82) is 0 Å². The van der Waals surface area contributed by atoms with Crippen molar-refractivity contribution >= 4 is 41.5 Å². The zero-order valence-electron chi connectivity index (χ0n) is 18.8. The molecule has 0 spiro atoms. The van der Waals surface area contributed by atoms with E-state index in [0.29, 0.717) is 0 Å². The quantitative estimate of drug-likeness (QED) is 0.109. The van der Waals surface area contributed by atoms with Crippen LogP contribution in [0.15, 0.2) is 0 Å². The lowest BCUT2D eigenvalue weighted by molar-refractivity contribution is -0.144. The SMILES string of the molecule is CC(C)C(N)C(=O)NC(CC(=O)O)C(=O)NC(CCC(N)=O)C(=O)NC(CCC(=O)O)C(=O)O. The van der Waals surface area contributed by atoms with Crippen LogP contribution in [0.2, 0.25) is 0 Å². The molecule has 10 N–H and O–H groups in total. The van der Waals surface area contributed by atoms with Gasteiger partial charge in [0.15, 0.2) is 0 Å². The summed E-state index contributed by atoms with van der Waals surface area (Å²) in [5.74, 6) is -8.45. The number of nitrogens with two attached hydrogens (primary N) is 2. The molecule has 4 unspecified atom stereocenters. The molecule has 192 valence electrons. The van der Waals surface area contributed by atoms with Crippen LogP contribution in [0.25, 0.3) is 0 Å². The van der Waals surface area contributed by atoms with Gasteiger partial charge in [-0.3, -0.25) is 28.8 Å². The number of carbonyl (C=O) groups is 7. The van der Waals surface area contributed by atoms with Crippen LogP contribution in [-0.2, 0) is 33.6 Å². The van der Waals surface area contributed by atoms with Gasteiger partial charge in [-0.05, 0) is 18.8 Å². The van der Waals surface area contributed by atoms with Crippen LogP contribution in [0.4, 0.5) is 0 Å². The molecule has 15 heteroatoms. The minimum atomic E-state index is -1.64. The van der Waals surface area contributed by atoms with Gasteiger partial charge in [0, 0.05) is 12.8 Å². The molecule has 0 bridgehead atoms. The van der Waals surface area contributed by atoms with Crippen LogP contribution in [0.1, 0.15) is 46.0 Å². The molecule has 0 aromatic carbocycles. The Hall–Kier alpha value is -3.75. The van der Waals surface area contributed by atoms with E-state index in [1.807, 2.05) is 0 Å². The summed E-state index contributed by atoms with van der Waals surface area (Å²) in [6.07, 6.45) is -2.67. The Labute approximate surface area is 194 Å². The lowest BCUT2D eigenvalue weighted by Crippen LogP contribution is -2.58. The summed E-state index contributed by atoms with van der Waals surface area (Å²) in [5.41, 5.74) is 10.8. The van der Waals surface area contributed by atoms with Gasteiger partial charge >= 0.3 is 17.9 Å². The first-order valence-electron chi connectivity index (χ1n) is 10.3. The number of hydrogen-bond acceptors (Lipinski definition) is 8. The molecule has 0 saturated carbocycles. The van der Waals surface area contributed by atoms with Crippen LogP contribution in [0, 0.1) is 5.92 Å². The molecule has 0 aliphatic heterocycles. The van der Waals surface area contributed by atoms with Gasteiger partial charge in [0.05, 0.1) is 12.5 Å². The molecular formula is C19H31N5O10. The number of rotatable bonds is 16. The van der Waals surface area contributed by atoms with Crippen molar-refractivity contribution in [3.8, 4) is 0 Å². The highest BCUT2D eigenvalue weighted by atomic mass is 16.4. The summed E-state index contributed by atoms with van der Waals surface area (Å²) >= 11 is 0. The van der Waals surface area contributed by atoms with E-state index in [4.69, 9.17) is 21.7 Å². The first-order valence-corrected chi connectivity index (χ1v) is 10.3. The number of hydrogen-bond donors (Lipinski definition) is 8. The van der Waals surface area contributed by atoms with Crippen LogP contribution >= 0.6 is 0 Å². The van der Waals surface area contributed by atoms with E-state index < -0.39 is 91.4 Å². The minimum Gasteiger partial charge on any atom is -0.481 e. The zero-order chi connectivity index (χ0) is 26.6. The highest BCUT2D eigenvalue weighted by Gasteiger charge is 2.32. The highest BCUT2D eigenvalue weighted by Crippen LogP contribution is 2.05. The fourth-order valence-corrected chi connectivity index (χ4v) is 2.58. The second kappa shape index (κ2) is 14.4. The highest BCUT2D eigenvalue weighted by molar-refractivity contribution is 5.95. The Balaban J connectivity index is 5.61. The molecule has 0 aliphatic carbocycles. The van der Waals surface area contributed by atoms with E-state index >= 15 is 0 Å². The summed E-state index contributed by atoms with van der Waals surface area (Å²) in [4.78, 5) is 81.8. The average Bonchev–Trinajstić information content (AvgIpc) is 2.71. The van der Waals surface area contributed by atoms with Crippen molar-refractivity contribution in [3.63, 3.8) is 0 Å². The zero-order valence-corrected chi connectivity index (χ0v) is 18.8. The number of carboxylic acid groups (broad SMARTS) is 3. The predicted molar refractivity (Wildman–Crippen MR) is 114 cm³/mol. The van der Waals surface area contributed by atoms with Crippen molar-refractivity contribution in [3.05, 3.63) is 0 Å². The maximum Gasteiger partial charge on any atom is 0.326 e. The van der Waals surface area contributed by atoms with Gasteiger partial charge in [0.25, 0.3) is 0 Å². The summed E-state index contributed by atoms with van der Waals surface area (Å²) < 4.78 is 0. The Morgan fingerprint density at radius 3 is 1.62 bits per heavy atom. The maximum absolute atomic E-state index is 12.7. The summed E-state index contributed by atoms with van der Waals surface area (Å²) in [7, 11) is 0. The molecule has 34 heavy (non-hydrogen) atoms. The molecule has 4 atom stereocenters. The third-order valence-corrected chi connectivity index (χ3v) is 4.61. The van der Waals surface area contributed by atoms with Gasteiger partial charge in [0.2, 0.25) is 23.6 Å². The van der Waals surface area contributed by atoms with Crippen LogP contribution in [0.3, 0.4) is 0 Å². The number of nitrogens with one attached hydrogen (secondary N) is 3. The van der Waals surface area contributed by atoms with Crippen molar-refractivity contribution in [2.45, 2.75) is 70.1 Å². The van der Waals surface area contributed by atoms with E-state index in [9.17, 15) is 38.7 Å². The van der Waals surface area contributed by atoms with Crippen molar-refractivity contribution in [2.24, 2.45) is 17.4 Å². The Morgan fingerprint density at radius 2 is 1.18 bits per heavy atom. The molecule has 0 heterocycles. The normalized spacial score (nSPS) is 14.2. The Morgan fingerprint density at radius 1 is 0.706 bits per heavy atom. The van der Waals surface area contributed by atoms with Gasteiger partial charge in [-0.2, -0.15) is 0 Å². The van der Waals surface area contributed by atoms with E-state index in [-0.39, 0.29) is 12.3 Å². The smallest absolute Gasteiger partial charge is 0.326 e. The van der Waals surface area contributed by atoms with Gasteiger partial charge < -0.3 is 42.7 Å². The molecule has 0 aromatic heterocycles. The number of primary amides is 1. The minimum absolute atomic E-state index is 0.332. The van der Waals surface area contributed by atoms with Gasteiger partial charge in [-0.1, -0.05) is 13.8 Å². The van der Waals surface area contributed by atoms with Crippen LogP contribution in [-0.4, -0.2) is 81.0 Å². The number of aliphatic carboxylic acids is 3. The molecule has 0 fully saturated rings. The monoisotopic (exact) mass is 489 g/mol. The molecule has 4 amide bonds. The summed E-state index contributed by atoms with van der Waals surface area (Å²) in [6, 6.07) is -5.85. The predicted octanol–water partition coefficient (Wildman–Crippen LogP) is -2.89. The molecule has 0 rings (SSSR count). The first kappa shape index (κ1) is 30.2. The molecule has 0 saturated heterocycles. The van der Waals surface area contributed by atoms with Crippen molar-refractivity contribution in [1.82, 2.24) is 16.0 Å². The molecule has 0 radical (unpaired) electrons. The van der Waals surface area contributed by atoms with E-state index in [2.05, 4.69) is 16.0 Å². The van der Waals surface area contributed by atoms with E-state index in [1.165, 1.54) is 0 Å². The van der Waals surface area contributed by atoms with Crippen LogP contribution in [0.5, 0.6) is 0 Å². The second-order valence-electron chi connectivity index (χ2n) is 7.83. The third kappa shape index (κ3) is 11.8. The summed E-state index contributed by atoms with van der Waals surface area (Å²) in [6.45, 7) is 3.26. The van der Waals surface area contributed by atoms with Crippen molar-refractivity contribution < 1.29 is 48.9 Å². The first-order chi connectivity index (χ1) is 15.6. The molecule has 0 aliphatic rings. The fourth-order valence-electron chi connectivity index (χ4n) is 2.58. The number of carboxylic acids is 3. The fraction of sp³-hybridized carbons (Fsp3) is 0.632. The van der Waals surface area contributed by atoms with Crippen molar-refractivity contribution in [2.75, 3.05) is 0 Å². The lowest BCUT2D eigenvalue weighted by Gasteiger charge is -2.25. The number of amides is 4. The topological polar surface area (TPSA) is 268 Å². The Kier molecular flexibility index (Phi) is 12.8. The van der Waals surface area contributed by atoms with Crippen LogP contribution < -0.4 is 27.4 Å². The molecule has 15 nitrogen and oxygen atoms in total. The lowest BCUT2D eigenvalue weighted by atomic mass is 10.0. The number of carbonyl (C=O) groups excluding carboxylic acids is 4. The average molecular weight is 489 g/mol. The van der Waals surface area contributed by atoms with E-state index in [0.717, 1.165) is 0 Å². The third-order valence-electron chi connectivity index (χ3n) is 4.61. The Bertz CT molecular complexity index is 800. The van der Waals surface area contributed by atoms with Gasteiger partial charge in [-0.25, -0.2) is 4.79 Å². The van der Waals surface area contributed by atoms with Gasteiger partial charge in [-0.15, -0.1) is 0 Å². The largest absolute Gasteiger partial charge is 0.481 e. The maximum atomic E-state index is 12.7. The second-order valence-corrected chi connectivity index (χ2v) is 7.83.